The number of benzene rings is 1. The molecule has 1 saturated heterocycles. The Hall–Kier alpha value is -1.83. The standard InChI is InChI=1S/C15H18F4N2O2/c16-11-4-1-2-6-13(11)23-9-8-21-7-3-5-12(21)14(22)20-10-15(17,18)19/h1-2,4,6,12H,3,5,7-10H2,(H,20,22)/t12-/m0/s1. The molecule has 4 nitrogen and oxygen atoms in total. The molecule has 1 aliphatic heterocycles. The average Bonchev–Trinajstić information content (AvgIpc) is 2.94. The monoisotopic (exact) mass is 334 g/mol. The molecule has 0 bridgehead atoms. The van der Waals surface area contributed by atoms with Crippen LogP contribution in [-0.2, 0) is 4.79 Å². The van der Waals surface area contributed by atoms with E-state index >= 15 is 0 Å². The summed E-state index contributed by atoms with van der Waals surface area (Å²) in [4.78, 5) is 13.6. The Morgan fingerprint density at radius 1 is 1.35 bits per heavy atom. The molecule has 0 spiro atoms. The zero-order valence-electron chi connectivity index (χ0n) is 12.4. The van der Waals surface area contributed by atoms with E-state index < -0.39 is 30.5 Å². The van der Waals surface area contributed by atoms with Crippen LogP contribution in [0, 0.1) is 5.82 Å². The van der Waals surface area contributed by atoms with Crippen molar-refractivity contribution in [1.82, 2.24) is 10.2 Å². The quantitative estimate of drug-likeness (QED) is 0.812. The molecular formula is C15H18F4N2O2. The number of hydrogen-bond acceptors (Lipinski definition) is 3. The number of alkyl halides is 3. The number of halogens is 4. The predicted octanol–water partition coefficient (Wildman–Crippen LogP) is 2.35. The number of amides is 1. The Morgan fingerprint density at radius 2 is 2.09 bits per heavy atom. The van der Waals surface area contributed by atoms with Gasteiger partial charge in [0.2, 0.25) is 5.91 Å². The van der Waals surface area contributed by atoms with Gasteiger partial charge in [-0.2, -0.15) is 13.2 Å². The summed E-state index contributed by atoms with van der Waals surface area (Å²) in [7, 11) is 0. The van der Waals surface area contributed by atoms with Crippen LogP contribution >= 0.6 is 0 Å². The van der Waals surface area contributed by atoms with E-state index in [4.69, 9.17) is 4.74 Å². The van der Waals surface area contributed by atoms with Crippen LogP contribution in [0.25, 0.3) is 0 Å². The van der Waals surface area contributed by atoms with Crippen LogP contribution in [0.4, 0.5) is 17.6 Å². The normalized spacial score (nSPS) is 18.9. The molecule has 2 rings (SSSR count). The lowest BCUT2D eigenvalue weighted by Crippen LogP contribution is -2.46. The van der Waals surface area contributed by atoms with E-state index in [2.05, 4.69) is 0 Å². The molecule has 0 saturated carbocycles. The topological polar surface area (TPSA) is 41.6 Å². The van der Waals surface area contributed by atoms with Crippen molar-refractivity contribution in [3.8, 4) is 5.75 Å². The van der Waals surface area contributed by atoms with Crippen LogP contribution in [0.15, 0.2) is 24.3 Å². The molecule has 8 heteroatoms. The van der Waals surface area contributed by atoms with Crippen molar-refractivity contribution in [1.29, 1.82) is 0 Å². The van der Waals surface area contributed by atoms with E-state index in [-0.39, 0.29) is 12.4 Å². The van der Waals surface area contributed by atoms with Crippen LogP contribution in [0.1, 0.15) is 12.8 Å². The molecule has 0 aromatic heterocycles. The van der Waals surface area contributed by atoms with E-state index in [1.807, 2.05) is 5.32 Å². The lowest BCUT2D eigenvalue weighted by molar-refractivity contribution is -0.141. The molecule has 1 atom stereocenters. The van der Waals surface area contributed by atoms with E-state index in [1.54, 1.807) is 17.0 Å². The van der Waals surface area contributed by atoms with E-state index in [9.17, 15) is 22.4 Å². The summed E-state index contributed by atoms with van der Waals surface area (Å²) >= 11 is 0. The average molecular weight is 334 g/mol. The molecule has 23 heavy (non-hydrogen) atoms. The van der Waals surface area contributed by atoms with Crippen LogP contribution in [-0.4, -0.2) is 49.3 Å². The Kier molecular flexibility index (Phi) is 5.81. The molecule has 1 fully saturated rings. The van der Waals surface area contributed by atoms with Gasteiger partial charge in [0.15, 0.2) is 11.6 Å². The van der Waals surface area contributed by atoms with Crippen LogP contribution < -0.4 is 10.1 Å². The fourth-order valence-corrected chi connectivity index (χ4v) is 2.53. The first kappa shape index (κ1) is 17.5. The number of rotatable bonds is 6. The summed E-state index contributed by atoms with van der Waals surface area (Å²) in [6.45, 7) is -0.227. The maximum absolute atomic E-state index is 13.4. The molecule has 0 aliphatic carbocycles. The van der Waals surface area contributed by atoms with Gasteiger partial charge in [0.1, 0.15) is 13.2 Å². The zero-order chi connectivity index (χ0) is 16.9. The minimum atomic E-state index is -4.42. The highest BCUT2D eigenvalue weighted by molar-refractivity contribution is 5.82. The molecular weight excluding hydrogens is 316 g/mol. The summed E-state index contributed by atoms with van der Waals surface area (Å²) in [5.41, 5.74) is 0. The number of carbonyl (C=O) groups excluding carboxylic acids is 1. The van der Waals surface area contributed by atoms with Gasteiger partial charge >= 0.3 is 6.18 Å². The molecule has 1 N–H and O–H groups in total. The molecule has 128 valence electrons. The molecule has 1 aromatic carbocycles. The molecule has 0 radical (unpaired) electrons. The first-order valence-electron chi connectivity index (χ1n) is 7.32. The van der Waals surface area contributed by atoms with Gasteiger partial charge < -0.3 is 10.1 Å². The second-order valence-electron chi connectivity index (χ2n) is 5.31. The molecule has 1 aliphatic rings. The van der Waals surface area contributed by atoms with Crippen molar-refractivity contribution in [3.05, 3.63) is 30.1 Å². The van der Waals surface area contributed by atoms with Crippen molar-refractivity contribution in [2.24, 2.45) is 0 Å². The summed E-state index contributed by atoms with van der Waals surface area (Å²) < 4.78 is 55.1. The number of hydrogen-bond donors (Lipinski definition) is 1. The number of carbonyl (C=O) groups is 1. The number of nitrogens with zero attached hydrogens (tertiary/aromatic N) is 1. The Balaban J connectivity index is 1.80. The van der Waals surface area contributed by atoms with Gasteiger partial charge in [0, 0.05) is 6.54 Å². The SMILES string of the molecule is O=C(NCC(F)(F)F)[C@@H]1CCCN1CCOc1ccccc1F. The number of ether oxygens (including phenoxy) is 1. The summed E-state index contributed by atoms with van der Waals surface area (Å²) in [5, 5.41) is 1.91. The van der Waals surface area contributed by atoms with Crippen LogP contribution in [0.3, 0.4) is 0 Å². The molecule has 1 amide bonds. The largest absolute Gasteiger partial charge is 0.489 e. The molecule has 0 unspecified atom stereocenters. The Labute approximate surface area is 131 Å². The van der Waals surface area contributed by atoms with Gasteiger partial charge in [0.25, 0.3) is 0 Å². The second kappa shape index (κ2) is 7.63. The van der Waals surface area contributed by atoms with Gasteiger partial charge in [-0.05, 0) is 31.5 Å². The number of nitrogens with one attached hydrogen (secondary N) is 1. The number of para-hydroxylation sites is 1. The lowest BCUT2D eigenvalue weighted by atomic mass is 10.2. The third kappa shape index (κ3) is 5.38. The third-order valence-corrected chi connectivity index (χ3v) is 3.60. The fraction of sp³-hybridized carbons (Fsp3) is 0.533. The predicted molar refractivity (Wildman–Crippen MR) is 75.6 cm³/mol. The Morgan fingerprint density at radius 3 is 2.78 bits per heavy atom. The maximum Gasteiger partial charge on any atom is 0.405 e. The third-order valence-electron chi connectivity index (χ3n) is 3.60. The second-order valence-corrected chi connectivity index (χ2v) is 5.31. The van der Waals surface area contributed by atoms with Gasteiger partial charge in [-0.25, -0.2) is 4.39 Å². The van der Waals surface area contributed by atoms with Crippen LogP contribution in [0.2, 0.25) is 0 Å². The summed E-state index contributed by atoms with van der Waals surface area (Å²) in [6.07, 6.45) is -3.19. The van der Waals surface area contributed by atoms with Crippen molar-refractivity contribution in [2.75, 3.05) is 26.2 Å². The van der Waals surface area contributed by atoms with Crippen molar-refractivity contribution >= 4 is 5.91 Å². The van der Waals surface area contributed by atoms with E-state index in [0.29, 0.717) is 19.5 Å². The maximum atomic E-state index is 13.4. The van der Waals surface area contributed by atoms with Gasteiger partial charge in [-0.3, -0.25) is 9.69 Å². The van der Waals surface area contributed by atoms with Gasteiger partial charge in [0.05, 0.1) is 6.04 Å². The van der Waals surface area contributed by atoms with E-state index in [1.165, 1.54) is 12.1 Å². The molecule has 1 aromatic rings. The van der Waals surface area contributed by atoms with Crippen molar-refractivity contribution in [3.63, 3.8) is 0 Å². The highest BCUT2D eigenvalue weighted by Gasteiger charge is 2.33. The van der Waals surface area contributed by atoms with E-state index in [0.717, 1.165) is 6.42 Å². The first-order valence-corrected chi connectivity index (χ1v) is 7.32. The van der Waals surface area contributed by atoms with Crippen LogP contribution in [0.5, 0.6) is 5.75 Å². The highest BCUT2D eigenvalue weighted by Crippen LogP contribution is 2.19. The van der Waals surface area contributed by atoms with Crippen molar-refractivity contribution < 1.29 is 27.1 Å². The smallest absolute Gasteiger partial charge is 0.405 e. The highest BCUT2D eigenvalue weighted by atomic mass is 19.4. The summed E-state index contributed by atoms with van der Waals surface area (Å²) in [5.74, 6) is -0.996. The lowest BCUT2D eigenvalue weighted by Gasteiger charge is -2.23. The number of likely N-dealkylation sites (tertiary alicyclic amines) is 1. The Bertz CT molecular complexity index is 536. The van der Waals surface area contributed by atoms with Crippen molar-refractivity contribution in [2.45, 2.75) is 25.1 Å². The summed E-state index contributed by atoms with van der Waals surface area (Å²) in [6, 6.07) is 5.36. The van der Waals surface area contributed by atoms with Gasteiger partial charge in [-0.15, -0.1) is 0 Å². The molecule has 1 heterocycles. The minimum absolute atomic E-state index is 0.116. The minimum Gasteiger partial charge on any atom is -0.489 e. The zero-order valence-corrected chi connectivity index (χ0v) is 12.4. The van der Waals surface area contributed by atoms with Gasteiger partial charge in [-0.1, -0.05) is 12.1 Å². The fourth-order valence-electron chi connectivity index (χ4n) is 2.53. The first-order chi connectivity index (χ1) is 10.9.